The first-order valence-corrected chi connectivity index (χ1v) is 8.33. The first-order chi connectivity index (χ1) is 9.69. The minimum absolute atomic E-state index is 0.0431. The highest BCUT2D eigenvalue weighted by atomic mass is 32.1. The van der Waals surface area contributed by atoms with Gasteiger partial charge in [-0.1, -0.05) is 19.4 Å². The molecule has 4 nitrogen and oxygen atoms in total. The number of nitrogens with zero attached hydrogens (tertiary/aromatic N) is 1. The number of hydrogen-bond donors (Lipinski definition) is 2. The molecule has 0 aliphatic carbocycles. The zero-order valence-electron chi connectivity index (χ0n) is 12.3. The second kappa shape index (κ2) is 7.20. The maximum absolute atomic E-state index is 12.2. The van der Waals surface area contributed by atoms with Crippen LogP contribution in [0.25, 0.3) is 0 Å². The van der Waals surface area contributed by atoms with Crippen molar-refractivity contribution in [3.63, 3.8) is 0 Å². The van der Waals surface area contributed by atoms with Crippen LogP contribution in [-0.4, -0.2) is 36.5 Å². The number of piperidine rings is 1. The molecule has 3 N–H and O–H groups in total. The van der Waals surface area contributed by atoms with Crippen molar-refractivity contribution in [1.29, 1.82) is 0 Å². The lowest BCUT2D eigenvalue weighted by Crippen LogP contribution is -2.53. The third-order valence-electron chi connectivity index (χ3n) is 4.16. The molecular formula is C15H25N3OS. The van der Waals surface area contributed by atoms with Gasteiger partial charge in [-0.2, -0.15) is 0 Å². The molecule has 0 saturated carbocycles. The molecule has 1 aromatic heterocycles. The van der Waals surface area contributed by atoms with Gasteiger partial charge in [-0.15, -0.1) is 11.3 Å². The van der Waals surface area contributed by atoms with Crippen molar-refractivity contribution in [2.45, 2.75) is 50.7 Å². The molecule has 2 rings (SSSR count). The third kappa shape index (κ3) is 3.22. The number of amides is 1. The van der Waals surface area contributed by atoms with E-state index in [4.69, 9.17) is 5.73 Å². The van der Waals surface area contributed by atoms with Crippen LogP contribution in [0.2, 0.25) is 0 Å². The smallest absolute Gasteiger partial charge is 0.237 e. The highest BCUT2D eigenvalue weighted by Crippen LogP contribution is 2.33. The Kier molecular flexibility index (Phi) is 5.57. The third-order valence-corrected chi connectivity index (χ3v) is 5.11. The molecule has 5 heteroatoms. The monoisotopic (exact) mass is 295 g/mol. The Morgan fingerprint density at radius 2 is 2.40 bits per heavy atom. The van der Waals surface area contributed by atoms with Crippen molar-refractivity contribution in [3.05, 3.63) is 22.4 Å². The Balaban J connectivity index is 2.28. The number of carbonyl (C=O) groups is 1. The standard InChI is InChI=1S/C15H25N3OS/c1-3-11(16)14(13-8-6-10-20-13)18-9-5-4-7-12(18)15(19)17-2/h6,8,10-12,14H,3-5,7,9,16H2,1-2H3,(H,17,19). The van der Waals surface area contributed by atoms with Crippen LogP contribution in [0.4, 0.5) is 0 Å². The Morgan fingerprint density at radius 3 is 3.00 bits per heavy atom. The summed E-state index contributed by atoms with van der Waals surface area (Å²) >= 11 is 1.74. The van der Waals surface area contributed by atoms with Gasteiger partial charge >= 0.3 is 0 Å². The molecule has 1 aromatic rings. The van der Waals surface area contributed by atoms with E-state index in [0.717, 1.165) is 32.2 Å². The lowest BCUT2D eigenvalue weighted by molar-refractivity contribution is -0.128. The first-order valence-electron chi connectivity index (χ1n) is 7.45. The summed E-state index contributed by atoms with van der Waals surface area (Å²) < 4.78 is 0. The SMILES string of the molecule is CCC(N)C(c1cccs1)N1CCCCC1C(=O)NC. The average molecular weight is 295 g/mol. The summed E-state index contributed by atoms with van der Waals surface area (Å²) in [6.45, 7) is 3.07. The molecule has 0 bridgehead atoms. The van der Waals surface area contributed by atoms with Crippen LogP contribution in [0.15, 0.2) is 17.5 Å². The van der Waals surface area contributed by atoms with Crippen molar-refractivity contribution in [2.75, 3.05) is 13.6 Å². The second-order valence-electron chi connectivity index (χ2n) is 5.40. The summed E-state index contributed by atoms with van der Waals surface area (Å²) in [6.07, 6.45) is 4.11. The molecule has 1 fully saturated rings. The minimum atomic E-state index is -0.0431. The van der Waals surface area contributed by atoms with Crippen LogP contribution in [-0.2, 0) is 4.79 Å². The second-order valence-corrected chi connectivity index (χ2v) is 6.38. The largest absolute Gasteiger partial charge is 0.358 e. The van der Waals surface area contributed by atoms with E-state index >= 15 is 0 Å². The van der Waals surface area contributed by atoms with Crippen LogP contribution < -0.4 is 11.1 Å². The molecule has 1 aliphatic rings. The van der Waals surface area contributed by atoms with Gasteiger partial charge in [-0.05, 0) is 37.3 Å². The molecule has 0 spiro atoms. The van der Waals surface area contributed by atoms with Gasteiger partial charge in [0.2, 0.25) is 5.91 Å². The van der Waals surface area contributed by atoms with Crippen molar-refractivity contribution >= 4 is 17.2 Å². The first kappa shape index (κ1) is 15.5. The molecule has 1 saturated heterocycles. The highest BCUT2D eigenvalue weighted by molar-refractivity contribution is 7.10. The van der Waals surface area contributed by atoms with Gasteiger partial charge in [-0.25, -0.2) is 0 Å². The fourth-order valence-corrected chi connectivity index (χ4v) is 3.96. The summed E-state index contributed by atoms with van der Waals surface area (Å²) in [5.41, 5.74) is 6.38. The maximum Gasteiger partial charge on any atom is 0.237 e. The molecule has 20 heavy (non-hydrogen) atoms. The zero-order chi connectivity index (χ0) is 14.5. The fraction of sp³-hybridized carbons (Fsp3) is 0.667. The molecule has 1 amide bonds. The molecule has 3 atom stereocenters. The summed E-state index contributed by atoms with van der Waals surface area (Å²) in [6, 6.07) is 4.38. The predicted octanol–water partition coefficient (Wildman–Crippen LogP) is 2.13. The summed E-state index contributed by atoms with van der Waals surface area (Å²) in [4.78, 5) is 15.8. The van der Waals surface area contributed by atoms with E-state index in [2.05, 4.69) is 34.7 Å². The van der Waals surface area contributed by atoms with Gasteiger partial charge in [0.05, 0.1) is 12.1 Å². The molecule has 1 aliphatic heterocycles. The number of hydrogen-bond acceptors (Lipinski definition) is 4. The number of carbonyl (C=O) groups excluding carboxylic acids is 1. The van der Waals surface area contributed by atoms with E-state index in [1.807, 2.05) is 0 Å². The molecule has 2 heterocycles. The van der Waals surface area contributed by atoms with Crippen LogP contribution in [0, 0.1) is 0 Å². The molecule has 0 radical (unpaired) electrons. The quantitative estimate of drug-likeness (QED) is 0.875. The maximum atomic E-state index is 12.2. The van der Waals surface area contributed by atoms with Crippen LogP contribution in [0.5, 0.6) is 0 Å². The Morgan fingerprint density at radius 1 is 1.60 bits per heavy atom. The minimum Gasteiger partial charge on any atom is -0.358 e. The molecule has 112 valence electrons. The van der Waals surface area contributed by atoms with Gasteiger partial charge in [0.25, 0.3) is 0 Å². The Hall–Kier alpha value is -0.910. The average Bonchev–Trinajstić information content (AvgIpc) is 3.01. The normalized spacial score (nSPS) is 23.2. The molecular weight excluding hydrogens is 270 g/mol. The lowest BCUT2D eigenvalue weighted by atomic mass is 9.94. The van der Waals surface area contributed by atoms with Crippen molar-refractivity contribution in [3.8, 4) is 0 Å². The fourth-order valence-electron chi connectivity index (χ4n) is 3.04. The summed E-state index contributed by atoms with van der Waals surface area (Å²) in [7, 11) is 1.72. The number of thiophene rings is 1. The van der Waals surface area contributed by atoms with Crippen molar-refractivity contribution < 1.29 is 4.79 Å². The summed E-state index contributed by atoms with van der Waals surface area (Å²) in [5.74, 6) is 0.120. The van der Waals surface area contributed by atoms with E-state index < -0.39 is 0 Å². The summed E-state index contributed by atoms with van der Waals surface area (Å²) in [5, 5.41) is 4.89. The van der Waals surface area contributed by atoms with Crippen LogP contribution in [0.3, 0.4) is 0 Å². The van der Waals surface area contributed by atoms with Gasteiger partial charge in [0, 0.05) is 18.0 Å². The van der Waals surface area contributed by atoms with Crippen molar-refractivity contribution in [1.82, 2.24) is 10.2 Å². The topological polar surface area (TPSA) is 58.4 Å². The number of likely N-dealkylation sites (tertiary alicyclic amines) is 1. The number of nitrogens with one attached hydrogen (secondary N) is 1. The van der Waals surface area contributed by atoms with E-state index in [0.29, 0.717) is 0 Å². The van der Waals surface area contributed by atoms with Gasteiger partial charge in [0.15, 0.2) is 0 Å². The number of rotatable bonds is 5. The Bertz CT molecular complexity index is 421. The van der Waals surface area contributed by atoms with Gasteiger partial charge in [0.1, 0.15) is 0 Å². The lowest BCUT2D eigenvalue weighted by Gasteiger charge is -2.42. The molecule has 3 unspecified atom stereocenters. The predicted molar refractivity (Wildman–Crippen MR) is 83.7 cm³/mol. The van der Waals surface area contributed by atoms with Gasteiger partial charge in [-0.3, -0.25) is 9.69 Å². The number of nitrogens with two attached hydrogens (primary N) is 1. The van der Waals surface area contributed by atoms with E-state index in [1.54, 1.807) is 18.4 Å². The van der Waals surface area contributed by atoms with Crippen LogP contribution >= 0.6 is 11.3 Å². The van der Waals surface area contributed by atoms with Crippen LogP contribution in [0.1, 0.15) is 43.5 Å². The van der Waals surface area contributed by atoms with E-state index in [-0.39, 0.29) is 24.0 Å². The highest BCUT2D eigenvalue weighted by Gasteiger charge is 2.36. The number of likely N-dealkylation sites (N-methyl/N-ethyl adjacent to an activating group) is 1. The van der Waals surface area contributed by atoms with E-state index in [9.17, 15) is 4.79 Å². The van der Waals surface area contributed by atoms with Gasteiger partial charge < -0.3 is 11.1 Å². The Labute approximate surface area is 125 Å². The zero-order valence-corrected chi connectivity index (χ0v) is 13.2. The molecule has 0 aromatic carbocycles. The van der Waals surface area contributed by atoms with Crippen molar-refractivity contribution in [2.24, 2.45) is 5.73 Å². The van der Waals surface area contributed by atoms with E-state index in [1.165, 1.54) is 4.88 Å².